The SMILES string of the molecule is CCC(C)(C)NC(=O)CS(=O)c1nc2ccc(N)cc2s1. The molecule has 114 valence electrons. The third-order valence-corrected chi connectivity index (χ3v) is 5.84. The third-order valence-electron chi connectivity index (χ3n) is 3.21. The number of thiazole rings is 1. The second kappa shape index (κ2) is 6.11. The quantitative estimate of drug-likeness (QED) is 0.826. The lowest BCUT2D eigenvalue weighted by Crippen LogP contribution is -2.44. The monoisotopic (exact) mass is 325 g/mol. The molecule has 1 aromatic heterocycles. The van der Waals surface area contributed by atoms with Crippen molar-refractivity contribution >= 4 is 43.9 Å². The maximum absolute atomic E-state index is 12.3. The van der Waals surface area contributed by atoms with E-state index in [1.54, 1.807) is 18.2 Å². The van der Waals surface area contributed by atoms with Crippen molar-refractivity contribution in [2.45, 2.75) is 37.1 Å². The molecule has 5 nitrogen and oxygen atoms in total. The summed E-state index contributed by atoms with van der Waals surface area (Å²) in [5, 5.41) is 2.87. The summed E-state index contributed by atoms with van der Waals surface area (Å²) in [6.07, 6.45) is 0.811. The Balaban J connectivity index is 2.10. The Morgan fingerprint density at radius 3 is 2.86 bits per heavy atom. The zero-order chi connectivity index (χ0) is 15.6. The topological polar surface area (TPSA) is 85.1 Å². The van der Waals surface area contributed by atoms with Crippen molar-refractivity contribution in [2.75, 3.05) is 11.5 Å². The van der Waals surface area contributed by atoms with Gasteiger partial charge in [0.25, 0.3) is 0 Å². The van der Waals surface area contributed by atoms with Crippen LogP contribution in [0.1, 0.15) is 27.2 Å². The number of rotatable bonds is 5. The Hall–Kier alpha value is -1.47. The molecule has 3 N–H and O–H groups in total. The maximum Gasteiger partial charge on any atom is 0.233 e. The van der Waals surface area contributed by atoms with E-state index in [1.165, 1.54) is 11.3 Å². The predicted molar refractivity (Wildman–Crippen MR) is 87.8 cm³/mol. The Morgan fingerprint density at radius 1 is 1.48 bits per heavy atom. The fourth-order valence-electron chi connectivity index (χ4n) is 1.70. The average Bonchev–Trinajstić information content (AvgIpc) is 2.81. The van der Waals surface area contributed by atoms with Gasteiger partial charge >= 0.3 is 0 Å². The molecule has 21 heavy (non-hydrogen) atoms. The molecule has 7 heteroatoms. The van der Waals surface area contributed by atoms with Crippen LogP contribution < -0.4 is 11.1 Å². The van der Waals surface area contributed by atoms with Gasteiger partial charge in [0.1, 0.15) is 5.75 Å². The lowest BCUT2D eigenvalue weighted by Gasteiger charge is -2.24. The van der Waals surface area contributed by atoms with Gasteiger partial charge in [-0.05, 0) is 38.5 Å². The molecule has 0 fully saturated rings. The minimum absolute atomic E-state index is 0.0707. The molecule has 1 atom stereocenters. The summed E-state index contributed by atoms with van der Waals surface area (Å²) < 4.78 is 13.6. The number of carbonyl (C=O) groups is 1. The first-order valence-corrected chi connectivity index (χ1v) is 8.80. The van der Waals surface area contributed by atoms with Crippen LogP contribution in [-0.2, 0) is 15.6 Å². The van der Waals surface area contributed by atoms with Crippen molar-refractivity contribution in [3.05, 3.63) is 18.2 Å². The molecule has 2 aromatic rings. The van der Waals surface area contributed by atoms with E-state index < -0.39 is 10.8 Å². The molecule has 0 aliphatic rings. The molecule has 0 spiro atoms. The van der Waals surface area contributed by atoms with Gasteiger partial charge in [-0.25, -0.2) is 4.98 Å². The van der Waals surface area contributed by atoms with E-state index in [4.69, 9.17) is 5.73 Å². The molecule has 0 bridgehead atoms. The summed E-state index contributed by atoms with van der Waals surface area (Å²) in [4.78, 5) is 16.2. The van der Waals surface area contributed by atoms with Crippen LogP contribution in [0.4, 0.5) is 5.69 Å². The highest BCUT2D eigenvalue weighted by atomic mass is 32.2. The van der Waals surface area contributed by atoms with Crippen molar-refractivity contribution in [3.8, 4) is 0 Å². The summed E-state index contributed by atoms with van der Waals surface area (Å²) in [7, 11) is -1.43. The number of hydrogen-bond acceptors (Lipinski definition) is 5. The number of nitrogens with zero attached hydrogens (tertiary/aromatic N) is 1. The second-order valence-corrected chi connectivity index (χ2v) is 8.14. The molecule has 1 amide bonds. The minimum atomic E-state index is -1.43. The number of anilines is 1. The first kappa shape index (κ1) is 15.9. The van der Waals surface area contributed by atoms with Gasteiger partial charge in [-0.15, -0.1) is 11.3 Å². The van der Waals surface area contributed by atoms with Crippen LogP contribution in [-0.4, -0.2) is 26.4 Å². The number of benzene rings is 1. The number of nitrogens with one attached hydrogen (secondary N) is 1. The average molecular weight is 325 g/mol. The van der Waals surface area contributed by atoms with E-state index in [-0.39, 0.29) is 17.2 Å². The van der Waals surface area contributed by atoms with Gasteiger partial charge in [-0.3, -0.25) is 9.00 Å². The Morgan fingerprint density at radius 2 is 2.19 bits per heavy atom. The van der Waals surface area contributed by atoms with Gasteiger partial charge in [0.2, 0.25) is 5.91 Å². The van der Waals surface area contributed by atoms with E-state index >= 15 is 0 Å². The van der Waals surface area contributed by atoms with Crippen molar-refractivity contribution in [1.29, 1.82) is 0 Å². The van der Waals surface area contributed by atoms with Crippen LogP contribution in [0, 0.1) is 0 Å². The molecule has 1 unspecified atom stereocenters. The van der Waals surface area contributed by atoms with E-state index in [2.05, 4.69) is 10.3 Å². The zero-order valence-electron chi connectivity index (χ0n) is 12.3. The summed E-state index contributed by atoms with van der Waals surface area (Å²) in [5.41, 5.74) is 6.83. The van der Waals surface area contributed by atoms with Crippen LogP contribution in [0.2, 0.25) is 0 Å². The molecule has 0 aliphatic heterocycles. The van der Waals surface area contributed by atoms with Crippen molar-refractivity contribution in [2.24, 2.45) is 0 Å². The van der Waals surface area contributed by atoms with Gasteiger partial charge in [0, 0.05) is 11.2 Å². The number of amides is 1. The van der Waals surface area contributed by atoms with Crippen LogP contribution in [0.3, 0.4) is 0 Å². The molecule has 0 aliphatic carbocycles. The third kappa shape index (κ3) is 4.01. The fourth-order valence-corrected chi connectivity index (χ4v) is 3.90. The van der Waals surface area contributed by atoms with Crippen LogP contribution in [0.5, 0.6) is 0 Å². The smallest absolute Gasteiger partial charge is 0.233 e. The Bertz CT molecular complexity index is 695. The summed E-state index contributed by atoms with van der Waals surface area (Å²) in [6.45, 7) is 5.87. The summed E-state index contributed by atoms with van der Waals surface area (Å²) in [6, 6.07) is 5.35. The second-order valence-electron chi connectivity index (χ2n) is 5.48. The molecule has 1 aromatic carbocycles. The lowest BCUT2D eigenvalue weighted by atomic mass is 10.0. The van der Waals surface area contributed by atoms with Crippen molar-refractivity contribution < 1.29 is 9.00 Å². The number of aromatic nitrogens is 1. The van der Waals surface area contributed by atoms with E-state index in [9.17, 15) is 9.00 Å². The Kier molecular flexibility index (Phi) is 4.63. The summed E-state index contributed by atoms with van der Waals surface area (Å²) in [5.74, 6) is -0.294. The van der Waals surface area contributed by atoms with Gasteiger partial charge in [0.05, 0.1) is 21.0 Å². The highest BCUT2D eigenvalue weighted by Crippen LogP contribution is 2.26. The molecule has 0 radical (unpaired) electrons. The number of carbonyl (C=O) groups excluding carboxylic acids is 1. The van der Waals surface area contributed by atoms with Gasteiger partial charge in [0.15, 0.2) is 4.34 Å². The Labute approximate surface area is 130 Å². The standard InChI is InChI=1S/C14H19N3O2S2/c1-4-14(2,3)17-12(18)8-21(19)13-16-10-6-5-9(15)7-11(10)20-13/h5-7H,4,8,15H2,1-3H3,(H,17,18). The normalized spacial score (nSPS) is 13.3. The van der Waals surface area contributed by atoms with Crippen LogP contribution in [0.15, 0.2) is 22.5 Å². The number of hydrogen-bond donors (Lipinski definition) is 2. The summed E-state index contributed by atoms with van der Waals surface area (Å²) >= 11 is 1.31. The van der Waals surface area contributed by atoms with Gasteiger partial charge in [-0.1, -0.05) is 6.92 Å². The zero-order valence-corrected chi connectivity index (χ0v) is 13.9. The molecule has 0 saturated carbocycles. The molecule has 0 saturated heterocycles. The number of nitrogens with two attached hydrogens (primary N) is 1. The largest absolute Gasteiger partial charge is 0.399 e. The highest BCUT2D eigenvalue weighted by Gasteiger charge is 2.21. The lowest BCUT2D eigenvalue weighted by molar-refractivity contribution is -0.120. The van der Waals surface area contributed by atoms with Crippen molar-refractivity contribution in [1.82, 2.24) is 10.3 Å². The molecular formula is C14H19N3O2S2. The molecule has 1 heterocycles. The van der Waals surface area contributed by atoms with Gasteiger partial charge in [-0.2, -0.15) is 0 Å². The predicted octanol–water partition coefficient (Wildman–Crippen LogP) is 2.29. The fraction of sp³-hybridized carbons (Fsp3) is 0.429. The van der Waals surface area contributed by atoms with Crippen LogP contribution >= 0.6 is 11.3 Å². The van der Waals surface area contributed by atoms with E-state index in [0.717, 1.165) is 16.6 Å². The maximum atomic E-state index is 12.3. The van der Waals surface area contributed by atoms with Crippen LogP contribution in [0.25, 0.3) is 10.2 Å². The van der Waals surface area contributed by atoms with Crippen molar-refractivity contribution in [3.63, 3.8) is 0 Å². The molecule has 2 rings (SSSR count). The van der Waals surface area contributed by atoms with E-state index in [0.29, 0.717) is 10.0 Å². The number of nitrogen functional groups attached to an aromatic ring is 1. The first-order valence-electron chi connectivity index (χ1n) is 6.66. The van der Waals surface area contributed by atoms with E-state index in [1.807, 2.05) is 20.8 Å². The minimum Gasteiger partial charge on any atom is -0.399 e. The van der Waals surface area contributed by atoms with Gasteiger partial charge < -0.3 is 11.1 Å². The highest BCUT2D eigenvalue weighted by molar-refractivity contribution is 7.88. The number of fused-ring (bicyclic) bond motifs is 1. The molecular weight excluding hydrogens is 306 g/mol. The first-order chi connectivity index (χ1) is 9.80.